The number of sulfonamides is 1. The molecule has 2 heterocycles. The van der Waals surface area contributed by atoms with E-state index in [0.29, 0.717) is 36.0 Å². The van der Waals surface area contributed by atoms with Gasteiger partial charge < -0.3 is 9.47 Å². The third kappa shape index (κ3) is 4.72. The molecule has 0 unspecified atom stereocenters. The van der Waals surface area contributed by atoms with E-state index in [1.165, 1.54) is 42.5 Å². The van der Waals surface area contributed by atoms with Gasteiger partial charge in [-0.2, -0.15) is 0 Å². The summed E-state index contributed by atoms with van der Waals surface area (Å²) in [5.41, 5.74) is 0.401. The lowest BCUT2D eigenvalue weighted by molar-refractivity contribution is 0.102. The number of nitrogens with one attached hydrogen (secondary N) is 2. The smallest absolute Gasteiger partial charge is 0.291 e. The van der Waals surface area contributed by atoms with Crippen LogP contribution in [-0.4, -0.2) is 37.7 Å². The van der Waals surface area contributed by atoms with Crippen LogP contribution in [0.15, 0.2) is 47.4 Å². The van der Waals surface area contributed by atoms with E-state index in [9.17, 15) is 22.0 Å². The third-order valence-electron chi connectivity index (χ3n) is 4.07. The molecule has 31 heavy (non-hydrogen) atoms. The molecular formula is C18H14F2N4O5S2. The number of benzene rings is 2. The zero-order valence-electron chi connectivity index (χ0n) is 15.5. The van der Waals surface area contributed by atoms with Crippen molar-refractivity contribution in [2.24, 2.45) is 0 Å². The quantitative estimate of drug-likeness (QED) is 0.570. The monoisotopic (exact) mass is 468 g/mol. The Morgan fingerprint density at radius 2 is 1.74 bits per heavy atom. The van der Waals surface area contributed by atoms with Crippen LogP contribution >= 0.6 is 11.3 Å². The SMILES string of the molecule is O=C(Nc1nnc(C(F)F)s1)c1ccc(NS(=O)(=O)c2ccc3c(c2)OCCO3)cc1. The average Bonchev–Trinajstić information content (AvgIpc) is 3.22. The highest BCUT2D eigenvalue weighted by atomic mass is 32.2. The normalized spacial score (nSPS) is 13.1. The van der Waals surface area contributed by atoms with Gasteiger partial charge in [0.1, 0.15) is 13.2 Å². The fraction of sp³-hybridized carbons (Fsp3) is 0.167. The number of nitrogens with zero attached hydrogens (tertiary/aromatic N) is 2. The maximum atomic E-state index is 12.6. The average molecular weight is 468 g/mol. The van der Waals surface area contributed by atoms with Gasteiger partial charge in [-0.25, -0.2) is 17.2 Å². The second kappa shape index (κ2) is 8.43. The van der Waals surface area contributed by atoms with Gasteiger partial charge in [-0.1, -0.05) is 11.3 Å². The first-order valence-electron chi connectivity index (χ1n) is 8.77. The fourth-order valence-corrected chi connectivity index (χ4v) is 4.30. The Kier molecular flexibility index (Phi) is 5.69. The van der Waals surface area contributed by atoms with Crippen LogP contribution in [0, 0.1) is 0 Å². The lowest BCUT2D eigenvalue weighted by atomic mass is 10.2. The van der Waals surface area contributed by atoms with E-state index in [1.807, 2.05) is 0 Å². The van der Waals surface area contributed by atoms with Crippen LogP contribution in [0.4, 0.5) is 19.6 Å². The number of ether oxygens (including phenoxy) is 2. The number of carbonyl (C=O) groups is 1. The number of aromatic nitrogens is 2. The number of rotatable bonds is 6. The Balaban J connectivity index is 1.44. The fourth-order valence-electron chi connectivity index (χ4n) is 2.64. The molecule has 4 rings (SSSR count). The van der Waals surface area contributed by atoms with Gasteiger partial charge >= 0.3 is 0 Å². The van der Waals surface area contributed by atoms with Crippen LogP contribution in [-0.2, 0) is 10.0 Å². The molecule has 0 fully saturated rings. The summed E-state index contributed by atoms with van der Waals surface area (Å²) in [5, 5.41) is 8.56. The molecule has 0 saturated heterocycles. The highest BCUT2D eigenvalue weighted by Gasteiger charge is 2.20. The van der Waals surface area contributed by atoms with Crippen LogP contribution < -0.4 is 19.5 Å². The molecule has 0 atom stereocenters. The van der Waals surface area contributed by atoms with Gasteiger partial charge in [0.25, 0.3) is 22.4 Å². The molecule has 2 N–H and O–H groups in total. The van der Waals surface area contributed by atoms with Crippen LogP contribution in [0.5, 0.6) is 11.5 Å². The molecule has 162 valence electrons. The molecular weight excluding hydrogens is 454 g/mol. The molecule has 9 nitrogen and oxygen atoms in total. The van der Waals surface area contributed by atoms with Crippen LogP contribution in [0.25, 0.3) is 0 Å². The Morgan fingerprint density at radius 1 is 1.03 bits per heavy atom. The maximum absolute atomic E-state index is 12.6. The number of hydrogen-bond donors (Lipinski definition) is 2. The van der Waals surface area contributed by atoms with Crippen molar-refractivity contribution >= 4 is 38.1 Å². The number of halogens is 2. The summed E-state index contributed by atoms with van der Waals surface area (Å²) < 4.78 is 63.6. The molecule has 1 aliphatic rings. The minimum atomic E-state index is -3.91. The standard InChI is InChI=1S/C18H14F2N4O5S2/c19-15(20)17-22-23-18(30-17)21-16(25)10-1-3-11(4-2-10)24-31(26,27)12-5-6-13-14(9-12)29-8-7-28-13/h1-6,9,15,24H,7-8H2,(H,21,23,25). The molecule has 13 heteroatoms. The van der Waals surface area contributed by atoms with Crippen molar-refractivity contribution in [2.75, 3.05) is 23.3 Å². The summed E-state index contributed by atoms with van der Waals surface area (Å²) in [6.45, 7) is 0.720. The van der Waals surface area contributed by atoms with Gasteiger partial charge in [0.05, 0.1) is 4.90 Å². The van der Waals surface area contributed by atoms with Crippen molar-refractivity contribution in [1.82, 2.24) is 10.2 Å². The van der Waals surface area contributed by atoms with Gasteiger partial charge in [-0.05, 0) is 36.4 Å². The van der Waals surface area contributed by atoms with Gasteiger partial charge in [0.15, 0.2) is 16.5 Å². The Morgan fingerprint density at radius 3 is 2.42 bits per heavy atom. The second-order valence-electron chi connectivity index (χ2n) is 6.19. The van der Waals surface area contributed by atoms with Crippen LogP contribution in [0.3, 0.4) is 0 Å². The van der Waals surface area contributed by atoms with Crippen molar-refractivity contribution < 1.29 is 31.5 Å². The van der Waals surface area contributed by atoms with E-state index in [4.69, 9.17) is 9.47 Å². The zero-order chi connectivity index (χ0) is 22.0. The van der Waals surface area contributed by atoms with Crippen molar-refractivity contribution in [1.29, 1.82) is 0 Å². The van der Waals surface area contributed by atoms with Crippen molar-refractivity contribution in [3.8, 4) is 11.5 Å². The van der Waals surface area contributed by atoms with Crippen LogP contribution in [0.1, 0.15) is 21.8 Å². The number of anilines is 2. The predicted molar refractivity (Wildman–Crippen MR) is 108 cm³/mol. The van der Waals surface area contributed by atoms with Crippen molar-refractivity contribution in [3.05, 3.63) is 53.0 Å². The van der Waals surface area contributed by atoms with E-state index >= 15 is 0 Å². The molecule has 1 amide bonds. The number of hydrogen-bond acceptors (Lipinski definition) is 8. The van der Waals surface area contributed by atoms with Gasteiger partial charge in [0, 0.05) is 17.3 Å². The Hall–Kier alpha value is -3.32. The molecule has 0 radical (unpaired) electrons. The highest BCUT2D eigenvalue weighted by molar-refractivity contribution is 7.92. The molecule has 3 aromatic rings. The summed E-state index contributed by atoms with van der Waals surface area (Å²) in [7, 11) is -3.91. The van der Waals surface area contributed by atoms with Crippen LogP contribution in [0.2, 0.25) is 0 Å². The summed E-state index contributed by atoms with van der Waals surface area (Å²) in [6.07, 6.45) is -2.77. The number of carbonyl (C=O) groups excluding carboxylic acids is 1. The van der Waals surface area contributed by atoms with Crippen molar-refractivity contribution in [3.63, 3.8) is 0 Å². The lowest BCUT2D eigenvalue weighted by Crippen LogP contribution is -2.17. The summed E-state index contributed by atoms with van der Waals surface area (Å²) in [4.78, 5) is 12.2. The second-order valence-corrected chi connectivity index (χ2v) is 8.88. The van der Waals surface area contributed by atoms with E-state index in [0.717, 1.165) is 0 Å². The Bertz CT molecular complexity index is 1220. The van der Waals surface area contributed by atoms with E-state index in [-0.39, 0.29) is 21.3 Å². The van der Waals surface area contributed by atoms with E-state index < -0.39 is 27.4 Å². The van der Waals surface area contributed by atoms with Gasteiger partial charge in [0.2, 0.25) is 5.13 Å². The van der Waals surface area contributed by atoms with E-state index in [1.54, 1.807) is 0 Å². The summed E-state index contributed by atoms with van der Waals surface area (Å²) >= 11 is 0.567. The minimum Gasteiger partial charge on any atom is -0.486 e. The first kappa shape index (κ1) is 20.9. The molecule has 0 spiro atoms. The van der Waals surface area contributed by atoms with Crippen molar-refractivity contribution in [2.45, 2.75) is 11.3 Å². The summed E-state index contributed by atoms with van der Waals surface area (Å²) in [5.74, 6) is 0.211. The van der Waals surface area contributed by atoms with Gasteiger partial charge in [-0.15, -0.1) is 10.2 Å². The molecule has 1 aliphatic heterocycles. The molecule has 1 aromatic heterocycles. The minimum absolute atomic E-state index is 0.00956. The zero-order valence-corrected chi connectivity index (χ0v) is 17.2. The largest absolute Gasteiger partial charge is 0.486 e. The topological polar surface area (TPSA) is 120 Å². The first-order chi connectivity index (χ1) is 14.8. The Labute approximate surface area is 179 Å². The molecule has 2 aromatic carbocycles. The molecule has 0 aliphatic carbocycles. The first-order valence-corrected chi connectivity index (χ1v) is 11.1. The number of alkyl halides is 2. The molecule has 0 saturated carbocycles. The maximum Gasteiger partial charge on any atom is 0.291 e. The number of fused-ring (bicyclic) bond motifs is 1. The summed E-state index contributed by atoms with van der Waals surface area (Å²) in [6, 6.07) is 9.84. The molecule has 0 bridgehead atoms. The van der Waals surface area contributed by atoms with Gasteiger partial charge in [-0.3, -0.25) is 14.8 Å². The number of amides is 1. The third-order valence-corrected chi connectivity index (χ3v) is 6.30. The lowest BCUT2D eigenvalue weighted by Gasteiger charge is -2.19. The predicted octanol–water partition coefficient (Wildman–Crippen LogP) is 3.30. The van der Waals surface area contributed by atoms with E-state index in [2.05, 4.69) is 20.2 Å². The highest BCUT2D eigenvalue weighted by Crippen LogP contribution is 2.32.